The van der Waals surface area contributed by atoms with Crippen LogP contribution in [0.4, 0.5) is 5.69 Å². The Morgan fingerprint density at radius 2 is 1.50 bits per heavy atom. The molecule has 0 saturated heterocycles. The minimum Gasteiger partial charge on any atom is -0.454 e. The first-order chi connectivity index (χ1) is 17.9. The van der Waals surface area contributed by atoms with E-state index in [1.807, 2.05) is 62.4 Å². The molecule has 3 aromatic carbocycles. The van der Waals surface area contributed by atoms with Gasteiger partial charge in [-0.25, -0.2) is 0 Å². The summed E-state index contributed by atoms with van der Waals surface area (Å²) in [7, 11) is 0. The van der Waals surface area contributed by atoms with E-state index in [1.54, 1.807) is 23.1 Å². The first-order valence-corrected chi connectivity index (χ1v) is 12.8. The molecule has 3 N–H and O–H groups in total. The number of ether oxygens (including phenoxy) is 2. The molecule has 0 unspecified atom stereocenters. The zero-order valence-corrected chi connectivity index (χ0v) is 22.8. The van der Waals surface area contributed by atoms with Crippen LogP contribution in [0.15, 0.2) is 66.7 Å². The molecule has 0 saturated carbocycles. The van der Waals surface area contributed by atoms with E-state index in [0.717, 1.165) is 5.56 Å². The van der Waals surface area contributed by atoms with Gasteiger partial charge in [0.05, 0.1) is 0 Å². The molecule has 0 aliphatic carbocycles. The molecule has 0 fully saturated rings. The molecular formula is C31H37N3O4. The van der Waals surface area contributed by atoms with Crippen molar-refractivity contribution in [1.82, 2.24) is 4.90 Å². The Morgan fingerprint density at radius 1 is 0.868 bits per heavy atom. The number of amides is 2. The molecule has 0 bridgehead atoms. The zero-order chi connectivity index (χ0) is 27.5. The van der Waals surface area contributed by atoms with Crippen LogP contribution in [-0.2, 0) is 12.0 Å². The van der Waals surface area contributed by atoms with Gasteiger partial charge in [-0.05, 0) is 71.0 Å². The summed E-state index contributed by atoms with van der Waals surface area (Å²) < 4.78 is 10.8. The van der Waals surface area contributed by atoms with Crippen LogP contribution in [0, 0.1) is 5.41 Å². The number of benzene rings is 3. The standard InChI is InChI=1S/C31H37N3O4/c1-30(2,3)24-11-8-22(9-12-24)28(35)33-25-13-6-21(7-14-25)17-34(19-31(4,5)18-32)29(36)23-10-15-26-27(16-23)38-20-37-26/h6-16H,17-20,32H2,1-5H3,(H,33,35). The van der Waals surface area contributed by atoms with Gasteiger partial charge in [0.2, 0.25) is 6.79 Å². The summed E-state index contributed by atoms with van der Waals surface area (Å²) in [5.74, 6) is 0.934. The second kappa shape index (κ2) is 10.9. The number of fused-ring (bicyclic) bond motifs is 1. The van der Waals surface area contributed by atoms with E-state index in [2.05, 4.69) is 26.1 Å². The Labute approximate surface area is 224 Å². The molecule has 0 aromatic heterocycles. The van der Waals surface area contributed by atoms with Gasteiger partial charge >= 0.3 is 0 Å². The van der Waals surface area contributed by atoms with Crippen LogP contribution in [0.1, 0.15) is 66.5 Å². The zero-order valence-electron chi connectivity index (χ0n) is 22.8. The molecule has 0 radical (unpaired) electrons. The lowest BCUT2D eigenvalue weighted by molar-refractivity contribution is 0.0673. The average Bonchev–Trinajstić information content (AvgIpc) is 3.36. The normalized spacial score (nSPS) is 12.8. The van der Waals surface area contributed by atoms with Gasteiger partial charge in [0.25, 0.3) is 11.8 Å². The molecule has 3 aromatic rings. The lowest BCUT2D eigenvalue weighted by atomic mass is 9.87. The fourth-order valence-electron chi connectivity index (χ4n) is 4.23. The summed E-state index contributed by atoms with van der Waals surface area (Å²) in [5, 5.41) is 2.96. The first kappa shape index (κ1) is 27.2. The average molecular weight is 516 g/mol. The Bertz CT molecular complexity index is 1290. The number of carbonyl (C=O) groups is 2. The molecule has 0 atom stereocenters. The van der Waals surface area contributed by atoms with Crippen LogP contribution in [0.3, 0.4) is 0 Å². The van der Waals surface area contributed by atoms with E-state index in [1.165, 1.54) is 5.56 Å². The predicted octanol–water partition coefficient (Wildman–Crippen LogP) is 5.59. The summed E-state index contributed by atoms with van der Waals surface area (Å²) in [6.45, 7) is 12.0. The third-order valence-electron chi connectivity index (χ3n) is 6.68. The number of carbonyl (C=O) groups excluding carboxylic acids is 2. The van der Waals surface area contributed by atoms with Crippen molar-refractivity contribution in [3.8, 4) is 11.5 Å². The Hall–Kier alpha value is -3.84. The maximum Gasteiger partial charge on any atom is 0.255 e. The monoisotopic (exact) mass is 515 g/mol. The number of nitrogens with two attached hydrogens (primary N) is 1. The van der Waals surface area contributed by atoms with Crippen LogP contribution in [0.2, 0.25) is 0 Å². The van der Waals surface area contributed by atoms with Gasteiger partial charge in [-0.1, -0.05) is 58.9 Å². The molecule has 0 spiro atoms. The molecule has 1 aliphatic rings. The highest BCUT2D eigenvalue weighted by atomic mass is 16.7. The maximum absolute atomic E-state index is 13.5. The Kier molecular flexibility index (Phi) is 7.78. The minimum atomic E-state index is -0.261. The van der Waals surface area contributed by atoms with Crippen LogP contribution < -0.4 is 20.5 Å². The van der Waals surface area contributed by atoms with Gasteiger partial charge < -0.3 is 25.4 Å². The highest BCUT2D eigenvalue weighted by Gasteiger charge is 2.26. The topological polar surface area (TPSA) is 93.9 Å². The second-order valence-corrected chi connectivity index (χ2v) is 11.6. The van der Waals surface area contributed by atoms with Crippen molar-refractivity contribution >= 4 is 17.5 Å². The lowest BCUT2D eigenvalue weighted by Crippen LogP contribution is -2.41. The van der Waals surface area contributed by atoms with Crippen molar-refractivity contribution in [2.45, 2.75) is 46.6 Å². The van der Waals surface area contributed by atoms with Crippen LogP contribution in [0.5, 0.6) is 11.5 Å². The fraction of sp³-hybridized carbons (Fsp3) is 0.355. The summed E-state index contributed by atoms with van der Waals surface area (Å²) >= 11 is 0. The highest BCUT2D eigenvalue weighted by molar-refractivity contribution is 6.04. The van der Waals surface area contributed by atoms with Crippen molar-refractivity contribution in [2.24, 2.45) is 11.1 Å². The summed E-state index contributed by atoms with van der Waals surface area (Å²) in [6.07, 6.45) is 0. The van der Waals surface area contributed by atoms with Crippen molar-refractivity contribution in [3.63, 3.8) is 0 Å². The first-order valence-electron chi connectivity index (χ1n) is 12.8. The van der Waals surface area contributed by atoms with Gasteiger partial charge in [0, 0.05) is 29.9 Å². The number of nitrogens with one attached hydrogen (secondary N) is 1. The molecule has 7 heteroatoms. The summed E-state index contributed by atoms with van der Waals surface area (Å²) in [5.41, 5.74) is 9.70. The number of anilines is 1. The third-order valence-corrected chi connectivity index (χ3v) is 6.68. The van der Waals surface area contributed by atoms with Gasteiger partial charge in [-0.3, -0.25) is 9.59 Å². The molecule has 7 nitrogen and oxygen atoms in total. The summed E-state index contributed by atoms with van der Waals surface area (Å²) in [6, 6.07) is 20.5. The van der Waals surface area contributed by atoms with E-state index in [0.29, 0.717) is 47.9 Å². The van der Waals surface area contributed by atoms with Gasteiger partial charge in [-0.2, -0.15) is 0 Å². The molecule has 38 heavy (non-hydrogen) atoms. The molecule has 4 rings (SSSR count). The molecular weight excluding hydrogens is 478 g/mol. The van der Waals surface area contributed by atoms with E-state index in [4.69, 9.17) is 15.2 Å². The van der Waals surface area contributed by atoms with Crippen molar-refractivity contribution in [1.29, 1.82) is 0 Å². The lowest BCUT2D eigenvalue weighted by Gasteiger charge is -2.32. The van der Waals surface area contributed by atoms with Crippen LogP contribution >= 0.6 is 0 Å². The largest absolute Gasteiger partial charge is 0.454 e. The molecule has 1 aliphatic heterocycles. The molecule has 200 valence electrons. The fourth-order valence-corrected chi connectivity index (χ4v) is 4.23. The molecule has 2 amide bonds. The number of hydrogen-bond acceptors (Lipinski definition) is 5. The van der Waals surface area contributed by atoms with Gasteiger partial charge in [0.15, 0.2) is 11.5 Å². The smallest absolute Gasteiger partial charge is 0.255 e. The van der Waals surface area contributed by atoms with E-state index in [-0.39, 0.29) is 29.4 Å². The summed E-state index contributed by atoms with van der Waals surface area (Å²) in [4.78, 5) is 28.1. The van der Waals surface area contributed by atoms with E-state index in [9.17, 15) is 9.59 Å². The van der Waals surface area contributed by atoms with E-state index < -0.39 is 0 Å². The van der Waals surface area contributed by atoms with E-state index >= 15 is 0 Å². The van der Waals surface area contributed by atoms with Gasteiger partial charge in [0.1, 0.15) is 0 Å². The van der Waals surface area contributed by atoms with Crippen molar-refractivity contribution in [3.05, 3.63) is 89.0 Å². The Morgan fingerprint density at radius 3 is 2.13 bits per heavy atom. The quantitative estimate of drug-likeness (QED) is 0.408. The molecule has 1 heterocycles. The van der Waals surface area contributed by atoms with Crippen LogP contribution in [-0.4, -0.2) is 36.6 Å². The van der Waals surface area contributed by atoms with Gasteiger partial charge in [-0.15, -0.1) is 0 Å². The number of rotatable bonds is 8. The van der Waals surface area contributed by atoms with Crippen molar-refractivity contribution in [2.75, 3.05) is 25.2 Å². The highest BCUT2D eigenvalue weighted by Crippen LogP contribution is 2.33. The predicted molar refractivity (Wildman–Crippen MR) is 150 cm³/mol. The van der Waals surface area contributed by atoms with Crippen molar-refractivity contribution < 1.29 is 19.1 Å². The second-order valence-electron chi connectivity index (χ2n) is 11.6. The maximum atomic E-state index is 13.5. The SMILES string of the molecule is CC(C)(CN)CN(Cc1ccc(NC(=O)c2ccc(C(C)(C)C)cc2)cc1)C(=O)c1ccc2c(c1)OCO2. The third kappa shape index (κ3) is 6.53. The van der Waals surface area contributed by atoms with Crippen LogP contribution in [0.25, 0.3) is 0 Å². The number of nitrogens with zero attached hydrogens (tertiary/aromatic N) is 1. The minimum absolute atomic E-state index is 0.0300. The number of hydrogen-bond donors (Lipinski definition) is 2. The Balaban J connectivity index is 1.46.